The Kier molecular flexibility index (Phi) is 4.73. The molecule has 1 saturated heterocycles. The van der Waals surface area contributed by atoms with Crippen LogP contribution in [0.15, 0.2) is 53.6 Å². The Labute approximate surface area is 190 Å². The van der Waals surface area contributed by atoms with Crippen molar-refractivity contribution in [2.75, 3.05) is 18.7 Å². The number of esters is 1. The second kappa shape index (κ2) is 7.40. The van der Waals surface area contributed by atoms with Gasteiger partial charge in [-0.05, 0) is 37.6 Å². The van der Waals surface area contributed by atoms with E-state index in [9.17, 15) is 18.8 Å². The Balaban J connectivity index is 1.84. The Morgan fingerprint density at radius 1 is 1.21 bits per heavy atom. The molecule has 2 aromatic carbocycles. The lowest BCUT2D eigenvalue weighted by atomic mass is 9.81. The molecule has 3 heterocycles. The predicted octanol–water partition coefficient (Wildman–Crippen LogP) is 2.49. The maximum Gasteiger partial charge on any atom is 0.354 e. The van der Waals surface area contributed by atoms with Crippen LogP contribution in [-0.4, -0.2) is 59.2 Å². The SMILES string of the molecule is CCOC(=O)C1=NN2c3ccc(F)cc3C(=O)N3[C@@H](N(C)C(=O)[C@@H]3C)[C@@]2(c2ccccc2)C1. The number of carbonyl (C=O) groups excluding carboxylic acids is 3. The highest BCUT2D eigenvalue weighted by molar-refractivity contribution is 6.37. The molecule has 0 saturated carbocycles. The minimum Gasteiger partial charge on any atom is -0.461 e. The van der Waals surface area contributed by atoms with E-state index in [-0.39, 0.29) is 30.2 Å². The Bertz CT molecular complexity index is 1200. The number of benzene rings is 2. The first-order valence-corrected chi connectivity index (χ1v) is 10.8. The fourth-order valence-corrected chi connectivity index (χ4v) is 5.25. The van der Waals surface area contributed by atoms with Crippen LogP contribution in [0.25, 0.3) is 0 Å². The van der Waals surface area contributed by atoms with Gasteiger partial charge in [0.15, 0.2) is 0 Å². The molecule has 0 bridgehead atoms. The topological polar surface area (TPSA) is 82.5 Å². The predicted molar refractivity (Wildman–Crippen MR) is 118 cm³/mol. The molecule has 33 heavy (non-hydrogen) atoms. The first-order chi connectivity index (χ1) is 15.8. The Hall–Kier alpha value is -3.75. The van der Waals surface area contributed by atoms with Gasteiger partial charge in [0, 0.05) is 13.5 Å². The van der Waals surface area contributed by atoms with E-state index >= 15 is 0 Å². The first-order valence-electron chi connectivity index (χ1n) is 10.8. The molecule has 0 radical (unpaired) electrons. The van der Waals surface area contributed by atoms with Crippen LogP contribution in [0.2, 0.25) is 0 Å². The minimum absolute atomic E-state index is 0.0848. The molecule has 5 rings (SSSR count). The Morgan fingerprint density at radius 3 is 2.64 bits per heavy atom. The summed E-state index contributed by atoms with van der Waals surface area (Å²) in [5.41, 5.74) is 0.276. The fourth-order valence-electron chi connectivity index (χ4n) is 5.25. The summed E-state index contributed by atoms with van der Waals surface area (Å²) in [4.78, 5) is 42.6. The summed E-state index contributed by atoms with van der Waals surface area (Å²) >= 11 is 0. The van der Waals surface area contributed by atoms with Crippen molar-refractivity contribution in [1.29, 1.82) is 0 Å². The van der Waals surface area contributed by atoms with Crippen LogP contribution in [0, 0.1) is 5.82 Å². The fraction of sp³-hybridized carbons (Fsp3) is 0.333. The van der Waals surface area contributed by atoms with E-state index in [0.29, 0.717) is 5.69 Å². The van der Waals surface area contributed by atoms with Gasteiger partial charge < -0.3 is 14.5 Å². The highest BCUT2D eigenvalue weighted by Crippen LogP contribution is 2.51. The monoisotopic (exact) mass is 450 g/mol. The number of fused-ring (bicyclic) bond motifs is 5. The molecule has 3 atom stereocenters. The van der Waals surface area contributed by atoms with Crippen molar-refractivity contribution in [1.82, 2.24) is 9.80 Å². The number of ether oxygens (including phenoxy) is 1. The lowest BCUT2D eigenvalue weighted by Crippen LogP contribution is -2.59. The zero-order valence-electron chi connectivity index (χ0n) is 18.5. The quantitative estimate of drug-likeness (QED) is 0.671. The number of carbonyl (C=O) groups is 3. The molecular weight excluding hydrogens is 427 g/mol. The number of halogens is 1. The molecule has 3 aliphatic heterocycles. The van der Waals surface area contributed by atoms with Gasteiger partial charge in [0.2, 0.25) is 5.91 Å². The smallest absolute Gasteiger partial charge is 0.354 e. The molecule has 1 fully saturated rings. The van der Waals surface area contributed by atoms with Crippen molar-refractivity contribution in [3.63, 3.8) is 0 Å². The van der Waals surface area contributed by atoms with E-state index in [4.69, 9.17) is 4.74 Å². The maximum absolute atomic E-state index is 14.3. The van der Waals surface area contributed by atoms with Gasteiger partial charge in [-0.2, -0.15) is 5.10 Å². The lowest BCUT2D eigenvalue weighted by molar-refractivity contribution is -0.135. The minimum atomic E-state index is -1.11. The van der Waals surface area contributed by atoms with Crippen molar-refractivity contribution in [3.8, 4) is 0 Å². The number of hydrazone groups is 1. The van der Waals surface area contributed by atoms with Gasteiger partial charge in [-0.3, -0.25) is 9.59 Å². The summed E-state index contributed by atoms with van der Waals surface area (Å²) in [5.74, 6) is -1.85. The average molecular weight is 450 g/mol. The van der Waals surface area contributed by atoms with Crippen LogP contribution < -0.4 is 5.01 Å². The molecule has 0 spiro atoms. The van der Waals surface area contributed by atoms with E-state index in [1.807, 2.05) is 30.3 Å². The summed E-state index contributed by atoms with van der Waals surface area (Å²) < 4.78 is 19.5. The normalized spacial score (nSPS) is 25.9. The van der Waals surface area contributed by atoms with Crippen molar-refractivity contribution in [3.05, 3.63) is 65.5 Å². The molecule has 0 N–H and O–H groups in total. The molecule has 9 heteroatoms. The van der Waals surface area contributed by atoms with E-state index < -0.39 is 35.4 Å². The Morgan fingerprint density at radius 2 is 1.94 bits per heavy atom. The second-order valence-corrected chi connectivity index (χ2v) is 8.42. The standard InChI is InChI=1S/C24H23FN4O4/c1-4-33-22(32)18-13-24(15-8-6-5-7-9-15)23-27(3)20(30)14(2)28(23)21(31)17-12-16(25)10-11-19(17)29(24)26-18/h5-12,14,23H,4,13H2,1-3H3/t14-,23+,24-/m0/s1. The number of hydrogen-bond acceptors (Lipinski definition) is 6. The molecule has 0 aromatic heterocycles. The molecule has 0 aliphatic carbocycles. The number of amides is 2. The number of nitrogens with zero attached hydrogens (tertiary/aromatic N) is 4. The van der Waals surface area contributed by atoms with Crippen LogP contribution in [0.5, 0.6) is 0 Å². The van der Waals surface area contributed by atoms with Crippen molar-refractivity contribution < 1.29 is 23.5 Å². The largest absolute Gasteiger partial charge is 0.461 e. The number of hydrogen-bond donors (Lipinski definition) is 0. The molecule has 8 nitrogen and oxygen atoms in total. The molecule has 170 valence electrons. The zero-order chi connectivity index (χ0) is 23.5. The maximum atomic E-state index is 14.3. The summed E-state index contributed by atoms with van der Waals surface area (Å²) in [7, 11) is 1.64. The molecule has 2 amide bonds. The van der Waals surface area contributed by atoms with Crippen LogP contribution >= 0.6 is 0 Å². The highest BCUT2D eigenvalue weighted by atomic mass is 19.1. The molecule has 3 aliphatic rings. The van der Waals surface area contributed by atoms with E-state index in [1.165, 1.54) is 21.9 Å². The third-order valence-electron chi connectivity index (χ3n) is 6.65. The lowest BCUT2D eigenvalue weighted by Gasteiger charge is -2.45. The van der Waals surface area contributed by atoms with Crippen molar-refractivity contribution in [2.24, 2.45) is 5.10 Å². The summed E-state index contributed by atoms with van der Waals surface area (Å²) in [5, 5.41) is 6.23. The van der Waals surface area contributed by atoms with E-state index in [1.54, 1.807) is 25.9 Å². The van der Waals surface area contributed by atoms with Gasteiger partial charge in [-0.25, -0.2) is 14.2 Å². The first kappa shape index (κ1) is 21.1. The number of rotatable bonds is 3. The second-order valence-electron chi connectivity index (χ2n) is 8.42. The van der Waals surface area contributed by atoms with Gasteiger partial charge in [-0.1, -0.05) is 30.3 Å². The van der Waals surface area contributed by atoms with Gasteiger partial charge in [-0.15, -0.1) is 0 Å². The summed E-state index contributed by atoms with van der Waals surface area (Å²) in [6.07, 6.45) is -0.688. The highest BCUT2D eigenvalue weighted by Gasteiger charge is 2.63. The van der Waals surface area contributed by atoms with Gasteiger partial charge in [0.1, 0.15) is 29.3 Å². The van der Waals surface area contributed by atoms with Crippen LogP contribution in [-0.2, 0) is 19.9 Å². The summed E-state index contributed by atoms with van der Waals surface area (Å²) in [6.45, 7) is 3.55. The van der Waals surface area contributed by atoms with E-state index in [0.717, 1.165) is 11.6 Å². The number of likely N-dealkylation sites (N-methyl/N-ethyl adjacent to an activating group) is 1. The van der Waals surface area contributed by atoms with E-state index in [2.05, 4.69) is 5.10 Å². The van der Waals surface area contributed by atoms with Crippen LogP contribution in [0.1, 0.15) is 36.2 Å². The van der Waals surface area contributed by atoms with Gasteiger partial charge in [0.05, 0.1) is 17.9 Å². The van der Waals surface area contributed by atoms with Gasteiger partial charge >= 0.3 is 5.97 Å². The average Bonchev–Trinajstić information content (AvgIpc) is 3.29. The molecular formula is C24H23FN4O4. The molecule has 2 aromatic rings. The third-order valence-corrected chi connectivity index (χ3v) is 6.65. The van der Waals surface area contributed by atoms with Gasteiger partial charge in [0.25, 0.3) is 5.91 Å². The third kappa shape index (κ3) is 2.81. The zero-order valence-corrected chi connectivity index (χ0v) is 18.5. The number of anilines is 1. The molecule has 0 unspecified atom stereocenters. The summed E-state index contributed by atoms with van der Waals surface area (Å²) in [6, 6.07) is 12.5. The van der Waals surface area contributed by atoms with Crippen molar-refractivity contribution >= 4 is 29.2 Å². The van der Waals surface area contributed by atoms with Crippen LogP contribution in [0.3, 0.4) is 0 Å². The van der Waals surface area contributed by atoms with Crippen LogP contribution in [0.4, 0.5) is 10.1 Å². The van der Waals surface area contributed by atoms with Crippen molar-refractivity contribution in [2.45, 2.75) is 38.0 Å².